The molecule has 0 saturated carbocycles. The predicted octanol–water partition coefficient (Wildman–Crippen LogP) is 2.57. The Bertz CT molecular complexity index is 772. The van der Waals surface area contributed by atoms with Crippen LogP contribution in [0.2, 0.25) is 0 Å². The first kappa shape index (κ1) is 16.5. The first-order valence-corrected chi connectivity index (χ1v) is 8.76. The molecule has 2 aromatic heterocycles. The number of pyridine rings is 1. The molecule has 0 bridgehead atoms. The van der Waals surface area contributed by atoms with Gasteiger partial charge < -0.3 is 0 Å². The summed E-state index contributed by atoms with van der Waals surface area (Å²) in [4.78, 5) is 14.8. The second kappa shape index (κ2) is 6.51. The fourth-order valence-electron chi connectivity index (χ4n) is 1.92. The molecule has 22 heavy (non-hydrogen) atoms. The van der Waals surface area contributed by atoms with Crippen LogP contribution in [0.15, 0.2) is 34.7 Å². The Morgan fingerprint density at radius 2 is 2.14 bits per heavy atom. The van der Waals surface area contributed by atoms with Gasteiger partial charge in [-0.05, 0) is 19.1 Å². The minimum atomic E-state index is -3.78. The molecule has 9 heteroatoms. The van der Waals surface area contributed by atoms with Crippen LogP contribution >= 0.6 is 11.3 Å². The van der Waals surface area contributed by atoms with E-state index in [-0.39, 0.29) is 23.0 Å². The Hall–Kier alpha value is -1.84. The number of aromatic nitrogens is 1. The van der Waals surface area contributed by atoms with Crippen molar-refractivity contribution in [1.29, 1.82) is 0 Å². The van der Waals surface area contributed by atoms with Crippen LogP contribution in [0.25, 0.3) is 0 Å². The van der Waals surface area contributed by atoms with E-state index in [4.69, 9.17) is 0 Å². The van der Waals surface area contributed by atoms with Gasteiger partial charge in [0, 0.05) is 18.8 Å². The number of thiophene rings is 1. The third-order valence-electron chi connectivity index (χ3n) is 3.08. The van der Waals surface area contributed by atoms with Gasteiger partial charge in [-0.1, -0.05) is 13.0 Å². The summed E-state index contributed by atoms with van der Waals surface area (Å²) < 4.78 is 26.5. The van der Waals surface area contributed by atoms with Crippen LogP contribution in [0.4, 0.5) is 5.69 Å². The lowest BCUT2D eigenvalue weighted by Gasteiger charge is -2.18. The molecule has 2 heterocycles. The van der Waals surface area contributed by atoms with Gasteiger partial charge in [-0.15, -0.1) is 11.3 Å². The van der Waals surface area contributed by atoms with Gasteiger partial charge in [0.05, 0.1) is 22.0 Å². The number of sulfonamides is 1. The monoisotopic (exact) mass is 341 g/mol. The quantitative estimate of drug-likeness (QED) is 0.594. The van der Waals surface area contributed by atoms with Crippen LogP contribution in [0.1, 0.15) is 17.5 Å². The van der Waals surface area contributed by atoms with Crippen LogP contribution in [0, 0.1) is 17.0 Å². The normalized spacial score (nSPS) is 11.8. The van der Waals surface area contributed by atoms with Crippen LogP contribution in [0.5, 0.6) is 0 Å². The maximum absolute atomic E-state index is 12.6. The summed E-state index contributed by atoms with van der Waals surface area (Å²) in [5, 5.41) is 10.9. The van der Waals surface area contributed by atoms with E-state index in [0.717, 1.165) is 17.4 Å². The molecular weight excluding hydrogens is 326 g/mol. The lowest BCUT2D eigenvalue weighted by Crippen LogP contribution is -2.30. The van der Waals surface area contributed by atoms with Crippen LogP contribution in [-0.2, 0) is 16.6 Å². The maximum atomic E-state index is 12.6. The number of hydrogen-bond acceptors (Lipinski definition) is 6. The molecule has 2 aromatic rings. The molecular formula is C13H15N3O4S2. The van der Waals surface area contributed by atoms with Gasteiger partial charge in [-0.2, -0.15) is 4.31 Å². The Balaban J connectivity index is 2.35. The summed E-state index contributed by atoms with van der Waals surface area (Å²) in [6.45, 7) is 3.64. The highest BCUT2D eigenvalue weighted by Gasteiger charge is 2.29. The topological polar surface area (TPSA) is 93.4 Å². The predicted molar refractivity (Wildman–Crippen MR) is 83.2 cm³/mol. The molecule has 0 spiro atoms. The molecule has 0 N–H and O–H groups in total. The summed E-state index contributed by atoms with van der Waals surface area (Å²) in [7, 11) is -3.78. The van der Waals surface area contributed by atoms with Crippen molar-refractivity contribution in [3.8, 4) is 0 Å². The second-order valence-corrected chi connectivity index (χ2v) is 7.94. The second-order valence-electron chi connectivity index (χ2n) is 4.52. The van der Waals surface area contributed by atoms with Gasteiger partial charge in [0.15, 0.2) is 0 Å². The zero-order valence-corrected chi connectivity index (χ0v) is 13.7. The summed E-state index contributed by atoms with van der Waals surface area (Å²) in [6, 6.07) is 6.39. The number of aryl methyl sites for hydroxylation is 1. The average molecular weight is 341 g/mol. The van der Waals surface area contributed by atoms with Crippen molar-refractivity contribution in [3.63, 3.8) is 0 Å². The molecule has 0 aliphatic heterocycles. The van der Waals surface area contributed by atoms with Crippen molar-refractivity contribution in [1.82, 2.24) is 9.29 Å². The SMILES string of the molecule is CCN(Cc1ccccn1)S(=O)(=O)c1cc([N+](=O)[O-])c(C)s1. The molecule has 0 aliphatic carbocycles. The Morgan fingerprint density at radius 1 is 1.41 bits per heavy atom. The number of hydrogen-bond donors (Lipinski definition) is 0. The first-order valence-electron chi connectivity index (χ1n) is 6.51. The smallest absolute Gasteiger partial charge is 0.260 e. The van der Waals surface area contributed by atoms with Crippen LogP contribution in [0.3, 0.4) is 0 Å². The molecule has 0 radical (unpaired) electrons. The molecule has 118 valence electrons. The van der Waals surface area contributed by atoms with Gasteiger partial charge in [0.25, 0.3) is 15.7 Å². The standard InChI is InChI=1S/C13H15N3O4S2/c1-3-15(9-11-6-4-5-7-14-11)22(19,20)13-8-12(16(17)18)10(2)21-13/h4-8H,3,9H2,1-2H3. The van der Waals surface area contributed by atoms with E-state index in [1.54, 1.807) is 31.3 Å². The third-order valence-corrected chi connectivity index (χ3v) is 6.49. The van der Waals surface area contributed by atoms with Crippen molar-refractivity contribution in [2.24, 2.45) is 0 Å². The molecule has 0 fully saturated rings. The number of rotatable bonds is 6. The molecule has 7 nitrogen and oxygen atoms in total. The van der Waals surface area contributed by atoms with E-state index < -0.39 is 14.9 Å². The van der Waals surface area contributed by atoms with Gasteiger partial charge in [0.1, 0.15) is 4.21 Å². The molecule has 0 saturated heterocycles. The zero-order valence-electron chi connectivity index (χ0n) is 12.1. The lowest BCUT2D eigenvalue weighted by atomic mass is 10.3. The Kier molecular flexibility index (Phi) is 4.89. The van der Waals surface area contributed by atoms with Gasteiger partial charge >= 0.3 is 0 Å². The molecule has 0 aromatic carbocycles. The van der Waals surface area contributed by atoms with Crippen molar-refractivity contribution in [2.45, 2.75) is 24.6 Å². The van der Waals surface area contributed by atoms with E-state index in [2.05, 4.69) is 4.98 Å². The van der Waals surface area contributed by atoms with Crippen molar-refractivity contribution in [2.75, 3.05) is 6.54 Å². The molecule has 0 aliphatic rings. The van der Waals surface area contributed by atoms with Crippen molar-refractivity contribution in [3.05, 3.63) is 51.1 Å². The molecule has 0 amide bonds. The minimum absolute atomic E-state index is 0.0190. The van der Waals surface area contributed by atoms with Crippen LogP contribution < -0.4 is 0 Å². The number of nitro groups is 1. The fraction of sp³-hybridized carbons (Fsp3) is 0.308. The highest BCUT2D eigenvalue weighted by atomic mass is 32.2. The van der Waals surface area contributed by atoms with Gasteiger partial charge in [-0.25, -0.2) is 8.42 Å². The summed E-state index contributed by atoms with van der Waals surface area (Å²) in [6.07, 6.45) is 1.59. The van der Waals surface area contributed by atoms with E-state index in [0.29, 0.717) is 10.6 Å². The first-order chi connectivity index (χ1) is 10.4. The minimum Gasteiger partial charge on any atom is -0.260 e. The largest absolute Gasteiger partial charge is 0.284 e. The molecule has 2 rings (SSSR count). The van der Waals surface area contributed by atoms with Crippen molar-refractivity contribution < 1.29 is 13.3 Å². The average Bonchev–Trinajstić information content (AvgIpc) is 2.88. The third kappa shape index (κ3) is 3.32. The zero-order chi connectivity index (χ0) is 16.3. The number of nitrogens with zero attached hydrogens (tertiary/aromatic N) is 3. The highest BCUT2D eigenvalue weighted by molar-refractivity contribution is 7.91. The van der Waals surface area contributed by atoms with E-state index in [1.807, 2.05) is 0 Å². The molecule has 0 unspecified atom stereocenters. The van der Waals surface area contributed by atoms with E-state index in [9.17, 15) is 18.5 Å². The Morgan fingerprint density at radius 3 is 2.64 bits per heavy atom. The summed E-state index contributed by atoms with van der Waals surface area (Å²) >= 11 is 0.912. The fourth-order valence-corrected chi connectivity index (χ4v) is 4.90. The van der Waals surface area contributed by atoms with Crippen LogP contribution in [-0.4, -0.2) is 29.2 Å². The summed E-state index contributed by atoms with van der Waals surface area (Å²) in [5.41, 5.74) is 0.452. The lowest BCUT2D eigenvalue weighted by molar-refractivity contribution is -0.385. The van der Waals surface area contributed by atoms with Crippen molar-refractivity contribution >= 4 is 27.0 Å². The molecule has 0 atom stereocenters. The van der Waals surface area contributed by atoms with Gasteiger partial charge in [-0.3, -0.25) is 15.1 Å². The summed E-state index contributed by atoms with van der Waals surface area (Å²) in [5.74, 6) is 0. The van der Waals surface area contributed by atoms with Gasteiger partial charge in [0.2, 0.25) is 0 Å². The van der Waals surface area contributed by atoms with E-state index in [1.165, 1.54) is 11.2 Å². The Labute approximate surface area is 132 Å². The maximum Gasteiger partial charge on any atom is 0.284 e. The van der Waals surface area contributed by atoms with E-state index >= 15 is 0 Å². The highest BCUT2D eigenvalue weighted by Crippen LogP contribution is 2.33.